The van der Waals surface area contributed by atoms with Gasteiger partial charge in [0.2, 0.25) is 0 Å². The first kappa shape index (κ1) is 51.2. The summed E-state index contributed by atoms with van der Waals surface area (Å²) in [5.41, 5.74) is 19.7. The van der Waals surface area contributed by atoms with Crippen LogP contribution in [-0.4, -0.2) is 28.3 Å². The molecule has 0 amide bonds. The summed E-state index contributed by atoms with van der Waals surface area (Å²) >= 11 is 0. The molecule has 2 aromatic heterocycles. The van der Waals surface area contributed by atoms with E-state index in [2.05, 4.69) is 294 Å². The van der Waals surface area contributed by atoms with E-state index < -0.39 is 0 Å². The third-order valence-electron chi connectivity index (χ3n) is 15.9. The van der Waals surface area contributed by atoms with E-state index in [4.69, 9.17) is 9.72 Å². The van der Waals surface area contributed by atoms with Crippen LogP contribution >= 0.6 is 0 Å². The van der Waals surface area contributed by atoms with Gasteiger partial charge in [-0.3, -0.25) is 0 Å². The summed E-state index contributed by atoms with van der Waals surface area (Å²) in [5.74, 6) is 2.97. The zero-order valence-electron chi connectivity index (χ0n) is 45.3. The van der Waals surface area contributed by atoms with Gasteiger partial charge in [0.05, 0.1) is 5.82 Å². The number of anilines is 2. The predicted molar refractivity (Wildman–Crippen MR) is 338 cm³/mol. The third-order valence-corrected chi connectivity index (χ3v) is 15.9. The molecule has 0 radical (unpaired) electrons. The van der Waals surface area contributed by atoms with Crippen LogP contribution in [-0.2, 0) is 21.1 Å². The van der Waals surface area contributed by atoms with Crippen molar-refractivity contribution in [2.45, 2.75) is 0 Å². The molecule has 0 spiro atoms. The first-order chi connectivity index (χ1) is 40.6. The molecule has 8 heteroatoms. The van der Waals surface area contributed by atoms with E-state index in [1.165, 1.54) is 5.46 Å². The van der Waals surface area contributed by atoms with Crippen molar-refractivity contribution in [2.24, 2.45) is 0 Å². The summed E-state index contributed by atoms with van der Waals surface area (Å²) in [4.78, 5) is 11.8. The van der Waals surface area contributed by atoms with Crippen molar-refractivity contribution in [1.82, 2.24) is 14.4 Å². The van der Waals surface area contributed by atoms with E-state index in [1.807, 2.05) is 36.5 Å². The van der Waals surface area contributed by atoms with Gasteiger partial charge in [-0.05, 0) is 123 Å². The van der Waals surface area contributed by atoms with Gasteiger partial charge in [0, 0.05) is 67.3 Å². The number of benzene rings is 11. The Kier molecular flexibility index (Phi) is 13.5. The summed E-state index contributed by atoms with van der Waals surface area (Å²) in [6, 6.07) is 105. The molecule has 4 heterocycles. The van der Waals surface area contributed by atoms with E-state index in [0.717, 1.165) is 117 Å². The van der Waals surface area contributed by atoms with Crippen LogP contribution in [0.2, 0.25) is 0 Å². The Bertz CT molecular complexity index is 4280. The van der Waals surface area contributed by atoms with Gasteiger partial charge in [0.25, 0.3) is 6.85 Å². The van der Waals surface area contributed by atoms with Crippen molar-refractivity contribution in [3.8, 4) is 84.1 Å². The average Bonchev–Trinajstić information content (AvgIpc) is 4.16. The molecular weight excluding hydrogens is 1190 g/mol. The van der Waals surface area contributed by atoms with Crippen LogP contribution in [0, 0.1) is 18.8 Å². The van der Waals surface area contributed by atoms with Crippen LogP contribution in [0.25, 0.3) is 94.4 Å². The van der Waals surface area contributed by atoms with Gasteiger partial charge in [-0.15, -0.1) is 47.5 Å². The third kappa shape index (κ3) is 9.49. The second-order valence-electron chi connectivity index (χ2n) is 20.9. The van der Waals surface area contributed by atoms with E-state index >= 15 is 0 Å². The minimum absolute atomic E-state index is 0. The SMILES string of the molecule is CN1B(c2ccccc2)c2ccc(Oc3[c-]c4c(cc3)c3ccccc3n4-c3ccccn3)[c-]c2N2[CH-]N(c3c(-c4cc(-c5ccccc5)cc(-c5ccccc5)c4)cccc3-c3cc(-c4ccccc4)cc(-c4ccccc4)c3)C=C12.[Pt]. The van der Waals surface area contributed by atoms with Crippen molar-refractivity contribution < 1.29 is 25.8 Å². The summed E-state index contributed by atoms with van der Waals surface area (Å²) in [5, 5.41) is 2.20. The van der Waals surface area contributed by atoms with E-state index in [-0.39, 0.29) is 27.9 Å². The second kappa shape index (κ2) is 21.8. The Morgan fingerprint density at radius 2 is 0.940 bits per heavy atom. The summed E-state index contributed by atoms with van der Waals surface area (Å²) in [6.45, 7) is 2.10. The Labute approximate surface area is 498 Å². The zero-order chi connectivity index (χ0) is 54.5. The smallest absolute Gasteiger partial charge is 0.254 e. The van der Waals surface area contributed by atoms with Gasteiger partial charge in [-0.25, -0.2) is 4.98 Å². The quantitative estimate of drug-likeness (QED) is 0.0953. The molecule has 0 N–H and O–H groups in total. The number of pyridine rings is 1. The van der Waals surface area contributed by atoms with Crippen LogP contribution in [0.5, 0.6) is 11.5 Å². The van der Waals surface area contributed by atoms with Crippen molar-refractivity contribution >= 4 is 51.0 Å². The minimum atomic E-state index is -0.129. The molecule has 0 saturated heterocycles. The maximum atomic E-state index is 6.88. The van der Waals surface area contributed by atoms with Gasteiger partial charge in [-0.2, -0.15) is 12.1 Å². The monoisotopic (exact) mass is 1240 g/mol. The fourth-order valence-corrected chi connectivity index (χ4v) is 12.1. The van der Waals surface area contributed by atoms with Gasteiger partial charge < -0.3 is 23.9 Å². The first-order valence-corrected chi connectivity index (χ1v) is 27.8. The number of fused-ring (bicyclic) bond motifs is 6. The van der Waals surface area contributed by atoms with Gasteiger partial charge in [0.1, 0.15) is 5.82 Å². The Morgan fingerprint density at radius 1 is 0.446 bits per heavy atom. The molecule has 0 bridgehead atoms. The molecular formula is C75H51BN5OPt-3. The zero-order valence-corrected chi connectivity index (χ0v) is 47.5. The largest absolute Gasteiger partial charge is 0.509 e. The number of hydrogen-bond donors (Lipinski definition) is 0. The van der Waals surface area contributed by atoms with Gasteiger partial charge >= 0.3 is 0 Å². The molecule has 13 aromatic rings. The molecule has 6 nitrogen and oxygen atoms in total. The summed E-state index contributed by atoms with van der Waals surface area (Å²) in [7, 11) is 2.20. The van der Waals surface area contributed by atoms with Crippen LogP contribution in [0.3, 0.4) is 0 Å². The fraction of sp³-hybridized carbons (Fsp3) is 0.0133. The Hall–Kier alpha value is -9.94. The number of ether oxygens (including phenoxy) is 1. The molecule has 398 valence electrons. The second-order valence-corrected chi connectivity index (χ2v) is 20.9. The van der Waals surface area contributed by atoms with Crippen LogP contribution in [0.4, 0.5) is 11.4 Å². The Balaban J connectivity index is 0.00000614. The van der Waals surface area contributed by atoms with Crippen molar-refractivity contribution in [1.29, 1.82) is 0 Å². The van der Waals surface area contributed by atoms with E-state index in [1.54, 1.807) is 0 Å². The topological polar surface area (TPSA) is 36.8 Å². The molecule has 0 fully saturated rings. The van der Waals surface area contributed by atoms with Gasteiger partial charge in [0.15, 0.2) is 0 Å². The molecule has 15 rings (SSSR count). The fourth-order valence-electron chi connectivity index (χ4n) is 12.1. The first-order valence-electron chi connectivity index (χ1n) is 27.8. The van der Waals surface area contributed by atoms with Crippen molar-refractivity contribution in [3.63, 3.8) is 0 Å². The van der Waals surface area contributed by atoms with Crippen LogP contribution in [0.1, 0.15) is 0 Å². The predicted octanol–water partition coefficient (Wildman–Crippen LogP) is 16.9. The molecule has 0 atom stereocenters. The summed E-state index contributed by atoms with van der Waals surface area (Å²) < 4.78 is 9.04. The number of rotatable bonds is 11. The summed E-state index contributed by atoms with van der Waals surface area (Å²) in [6.07, 6.45) is 4.12. The van der Waals surface area contributed by atoms with Crippen molar-refractivity contribution in [2.75, 3.05) is 16.8 Å². The van der Waals surface area contributed by atoms with E-state index in [0.29, 0.717) is 11.5 Å². The maximum absolute atomic E-state index is 6.88. The van der Waals surface area contributed by atoms with Crippen LogP contribution < -0.4 is 25.5 Å². The minimum Gasteiger partial charge on any atom is -0.509 e. The number of aromatic nitrogens is 2. The normalized spacial score (nSPS) is 12.7. The van der Waals surface area contributed by atoms with Crippen molar-refractivity contribution in [3.05, 3.63) is 310 Å². The number of para-hydroxylation sites is 2. The molecule has 0 aliphatic carbocycles. The van der Waals surface area contributed by atoms with Gasteiger partial charge in [-0.1, -0.05) is 205 Å². The molecule has 2 aliphatic rings. The number of hydrogen-bond acceptors (Lipinski definition) is 5. The average molecular weight is 1240 g/mol. The Morgan fingerprint density at radius 3 is 1.49 bits per heavy atom. The number of nitrogens with zero attached hydrogens (tertiary/aromatic N) is 5. The van der Waals surface area contributed by atoms with E-state index in [9.17, 15) is 0 Å². The molecule has 0 unspecified atom stereocenters. The van der Waals surface area contributed by atoms with Crippen LogP contribution in [0.15, 0.2) is 291 Å². The molecule has 0 saturated carbocycles. The molecule has 2 aliphatic heterocycles. The molecule has 83 heavy (non-hydrogen) atoms. The maximum Gasteiger partial charge on any atom is 0.254 e. The molecule has 11 aromatic carbocycles. The standard InChI is InChI=1S/C75H51BN5O.Pt/c1-78-74-50-79(51-80(74)72-49-64(38-40-69(72)76(78)62-30-15-6-16-31-62)82-63-37-39-68-67-32-17-18-35-70(67)81(71(68)48-63)73-36-19-20-41-77-73)75-65(60-44-56(52-22-7-2-8-23-52)42-57(45-60)53-24-9-3-10-25-53)33-21-34-66(75)61-46-58(54-26-11-4-12-27-54)43-59(47-61)55-28-13-5-14-29-55;/h2-47,50-51H,1H3;/q-3;.